The maximum Gasteiger partial charge on any atom is 0.272 e. The van der Waals surface area contributed by atoms with Crippen molar-refractivity contribution in [2.45, 2.75) is 30.9 Å². The summed E-state index contributed by atoms with van der Waals surface area (Å²) in [4.78, 5) is 4.36. The first-order valence-corrected chi connectivity index (χ1v) is 10.3. The predicted octanol–water partition coefficient (Wildman–Crippen LogP) is 5.01. The smallest absolute Gasteiger partial charge is 0.263 e. The highest BCUT2D eigenvalue weighted by Crippen LogP contribution is 2.36. The summed E-state index contributed by atoms with van der Waals surface area (Å²) in [5.41, 5.74) is 1.58. The number of anilines is 1. The lowest BCUT2D eigenvalue weighted by atomic mass is 10.2. The van der Waals surface area contributed by atoms with Crippen molar-refractivity contribution < 1.29 is 8.42 Å². The lowest BCUT2D eigenvalue weighted by molar-refractivity contribution is 0.602. The molecule has 0 spiro atoms. The molecule has 0 amide bonds. The first-order valence-electron chi connectivity index (χ1n) is 7.58. The summed E-state index contributed by atoms with van der Waals surface area (Å²) in [7, 11) is -3.69. The van der Waals surface area contributed by atoms with Gasteiger partial charge in [-0.25, -0.2) is 13.4 Å². The summed E-state index contributed by atoms with van der Waals surface area (Å²) in [6.45, 7) is 3.86. The van der Waals surface area contributed by atoms with Crippen molar-refractivity contribution in [3.05, 3.63) is 52.7 Å². The number of rotatable bonds is 5. The number of hydrogen-bond acceptors (Lipinski definition) is 4. The van der Waals surface area contributed by atoms with Gasteiger partial charge in [-0.2, -0.15) is 0 Å². The number of pyridine rings is 1. The Kier molecular flexibility index (Phi) is 4.80. The molecule has 0 fully saturated rings. The van der Waals surface area contributed by atoms with Gasteiger partial charge in [0, 0.05) is 15.4 Å². The van der Waals surface area contributed by atoms with E-state index in [1.807, 2.05) is 18.2 Å². The first-order chi connectivity index (χ1) is 11.4. The van der Waals surface area contributed by atoms with Crippen LogP contribution in [-0.2, 0) is 16.4 Å². The number of thiophene rings is 1. The van der Waals surface area contributed by atoms with Crippen molar-refractivity contribution >= 4 is 48.9 Å². The van der Waals surface area contributed by atoms with Gasteiger partial charge in [-0.05, 0) is 54.6 Å². The van der Waals surface area contributed by atoms with Gasteiger partial charge in [0.15, 0.2) is 0 Å². The van der Waals surface area contributed by atoms with Gasteiger partial charge in [0.25, 0.3) is 10.0 Å². The minimum Gasteiger partial charge on any atom is -0.263 e. The molecule has 0 aliphatic rings. The fraction of sp³-hybridized carbons (Fsp3) is 0.235. The van der Waals surface area contributed by atoms with Crippen LogP contribution in [0.5, 0.6) is 0 Å². The molecule has 7 heteroatoms. The quantitative estimate of drug-likeness (QED) is 0.676. The number of hydrogen-bond donors (Lipinski definition) is 1. The average molecular weight is 381 g/mol. The van der Waals surface area contributed by atoms with Crippen LogP contribution in [0, 0.1) is 6.92 Å². The Bertz CT molecular complexity index is 997. The van der Waals surface area contributed by atoms with Gasteiger partial charge < -0.3 is 0 Å². The Morgan fingerprint density at radius 3 is 2.79 bits per heavy atom. The zero-order valence-corrected chi connectivity index (χ0v) is 15.7. The molecule has 0 saturated carbocycles. The van der Waals surface area contributed by atoms with Crippen molar-refractivity contribution in [1.29, 1.82) is 0 Å². The van der Waals surface area contributed by atoms with Crippen LogP contribution in [0.3, 0.4) is 0 Å². The van der Waals surface area contributed by atoms with E-state index in [0.29, 0.717) is 20.6 Å². The van der Waals surface area contributed by atoms with Crippen LogP contribution in [0.2, 0.25) is 5.02 Å². The molecular weight excluding hydrogens is 364 g/mol. The van der Waals surface area contributed by atoms with E-state index < -0.39 is 10.0 Å². The Morgan fingerprint density at radius 2 is 2.04 bits per heavy atom. The molecule has 2 aromatic heterocycles. The first kappa shape index (κ1) is 17.2. The number of benzene rings is 1. The number of halogens is 1. The summed E-state index contributed by atoms with van der Waals surface area (Å²) in [6.07, 6.45) is 1.77. The van der Waals surface area contributed by atoms with Crippen LogP contribution >= 0.6 is 22.9 Å². The third-order valence-corrected chi connectivity index (χ3v) is 7.13. The maximum atomic E-state index is 12.8. The van der Waals surface area contributed by atoms with Crippen LogP contribution < -0.4 is 4.72 Å². The molecule has 3 aromatic rings. The molecule has 0 aliphatic carbocycles. The van der Waals surface area contributed by atoms with Crippen LogP contribution in [0.4, 0.5) is 5.82 Å². The number of nitrogens with zero attached hydrogens (tertiary/aromatic N) is 1. The van der Waals surface area contributed by atoms with E-state index in [0.717, 1.165) is 28.6 Å². The molecule has 0 unspecified atom stereocenters. The highest BCUT2D eigenvalue weighted by atomic mass is 35.5. The minimum atomic E-state index is -3.69. The van der Waals surface area contributed by atoms with Gasteiger partial charge in [-0.1, -0.05) is 31.0 Å². The molecular formula is C17H17ClN2O2S2. The molecule has 126 valence electrons. The largest absolute Gasteiger partial charge is 0.272 e. The van der Waals surface area contributed by atoms with Crippen LogP contribution in [0.1, 0.15) is 24.6 Å². The van der Waals surface area contributed by atoms with E-state index in [9.17, 15) is 8.42 Å². The van der Waals surface area contributed by atoms with E-state index in [-0.39, 0.29) is 0 Å². The molecule has 3 rings (SSSR count). The maximum absolute atomic E-state index is 12.8. The fourth-order valence-corrected chi connectivity index (χ4v) is 5.46. The summed E-state index contributed by atoms with van der Waals surface area (Å²) in [5, 5.41) is 1.45. The zero-order valence-electron chi connectivity index (χ0n) is 13.3. The SMILES string of the molecule is CCCc1cccc(NS(=O)(=O)c2sc3ccc(Cl)cc3c2C)n1. The standard InChI is InChI=1S/C17H17ClN2O2S2/c1-3-5-13-6-4-7-16(19-13)20-24(21,22)17-11(2)14-10-12(18)8-9-15(14)23-17/h4,6-10H,3,5H2,1-2H3,(H,19,20). The van der Waals surface area contributed by atoms with Crippen LogP contribution in [-0.4, -0.2) is 13.4 Å². The molecule has 4 nitrogen and oxygen atoms in total. The van der Waals surface area contributed by atoms with Gasteiger partial charge in [0.1, 0.15) is 10.0 Å². The second-order valence-corrected chi connectivity index (χ2v) is 8.89. The van der Waals surface area contributed by atoms with Gasteiger partial charge in [-0.3, -0.25) is 4.72 Å². The third kappa shape index (κ3) is 3.41. The number of aryl methyl sites for hydroxylation is 2. The van der Waals surface area contributed by atoms with Crippen LogP contribution in [0.25, 0.3) is 10.1 Å². The van der Waals surface area contributed by atoms with E-state index in [4.69, 9.17) is 11.6 Å². The summed E-state index contributed by atoms with van der Waals surface area (Å²) >= 11 is 7.26. The second-order valence-electron chi connectivity index (χ2n) is 5.52. The number of fused-ring (bicyclic) bond motifs is 1. The summed E-state index contributed by atoms with van der Waals surface area (Å²) in [6, 6.07) is 10.8. The molecule has 0 saturated heterocycles. The van der Waals surface area contributed by atoms with Crippen molar-refractivity contribution in [3.8, 4) is 0 Å². The van der Waals surface area contributed by atoms with E-state index in [2.05, 4.69) is 16.6 Å². The predicted molar refractivity (Wildman–Crippen MR) is 101 cm³/mol. The van der Waals surface area contributed by atoms with Crippen molar-refractivity contribution in [2.75, 3.05) is 4.72 Å². The summed E-state index contributed by atoms with van der Waals surface area (Å²) in [5.74, 6) is 0.343. The topological polar surface area (TPSA) is 59.1 Å². The van der Waals surface area contributed by atoms with Crippen molar-refractivity contribution in [3.63, 3.8) is 0 Å². The molecule has 0 atom stereocenters. The highest BCUT2D eigenvalue weighted by molar-refractivity contribution is 7.94. The van der Waals surface area contributed by atoms with Crippen molar-refractivity contribution in [2.24, 2.45) is 0 Å². The lowest BCUT2D eigenvalue weighted by Crippen LogP contribution is -2.14. The van der Waals surface area contributed by atoms with E-state index >= 15 is 0 Å². The average Bonchev–Trinajstić information content (AvgIpc) is 2.85. The van der Waals surface area contributed by atoms with E-state index in [1.54, 1.807) is 25.1 Å². The molecule has 0 bridgehead atoms. The molecule has 0 radical (unpaired) electrons. The van der Waals surface area contributed by atoms with E-state index in [1.165, 1.54) is 11.3 Å². The van der Waals surface area contributed by atoms with Gasteiger partial charge >= 0.3 is 0 Å². The van der Waals surface area contributed by atoms with Gasteiger partial charge in [0.05, 0.1) is 0 Å². The molecule has 2 heterocycles. The molecule has 24 heavy (non-hydrogen) atoms. The second kappa shape index (κ2) is 6.70. The minimum absolute atomic E-state index is 0.294. The highest BCUT2D eigenvalue weighted by Gasteiger charge is 2.22. The van der Waals surface area contributed by atoms with Gasteiger partial charge in [0.2, 0.25) is 0 Å². The van der Waals surface area contributed by atoms with Crippen molar-refractivity contribution in [1.82, 2.24) is 4.98 Å². The normalized spacial score (nSPS) is 11.8. The van der Waals surface area contributed by atoms with Crippen LogP contribution in [0.15, 0.2) is 40.6 Å². The fourth-order valence-electron chi connectivity index (χ4n) is 2.54. The number of aromatic nitrogens is 1. The number of sulfonamides is 1. The summed E-state index contributed by atoms with van der Waals surface area (Å²) < 4.78 is 29.3. The third-order valence-electron chi connectivity index (χ3n) is 3.65. The van der Waals surface area contributed by atoms with Gasteiger partial charge in [-0.15, -0.1) is 11.3 Å². The monoisotopic (exact) mass is 380 g/mol. The Balaban J connectivity index is 1.99. The molecule has 1 aromatic carbocycles. The Hall–Kier alpha value is -1.63. The molecule has 0 aliphatic heterocycles. The lowest BCUT2D eigenvalue weighted by Gasteiger charge is -2.08. The molecule has 1 N–H and O–H groups in total. The zero-order chi connectivity index (χ0) is 17.3. The Morgan fingerprint density at radius 1 is 1.25 bits per heavy atom. The number of nitrogens with one attached hydrogen (secondary N) is 1. The Labute approximate surface area is 150 Å².